The van der Waals surface area contributed by atoms with Gasteiger partial charge >= 0.3 is 11.8 Å². The largest absolute Gasteiger partial charge is 0.494 e. The van der Waals surface area contributed by atoms with Gasteiger partial charge in [0.25, 0.3) is 0 Å². The fourth-order valence-corrected chi connectivity index (χ4v) is 3.49. The predicted octanol–water partition coefficient (Wildman–Crippen LogP) is 4.79. The van der Waals surface area contributed by atoms with Gasteiger partial charge in [0.2, 0.25) is 0 Å². The number of rotatable bonds is 7. The van der Waals surface area contributed by atoms with Crippen LogP contribution in [0.15, 0.2) is 94.6 Å². The van der Waals surface area contributed by atoms with Gasteiger partial charge in [-0.15, -0.1) is 0 Å². The molecule has 9 heteroatoms. The number of benzene rings is 3. The van der Waals surface area contributed by atoms with Crippen molar-refractivity contribution in [3.63, 3.8) is 0 Å². The zero-order valence-corrected chi connectivity index (χ0v) is 20.4. The van der Waals surface area contributed by atoms with Crippen LogP contribution in [-0.4, -0.2) is 34.4 Å². The summed E-state index contributed by atoms with van der Waals surface area (Å²) < 4.78 is 8.05. The molecule has 4 aromatic rings. The molecule has 0 radical (unpaired) electrons. The molecular weight excluding hydrogens is 510 g/mol. The maximum absolute atomic E-state index is 12.2. The molecule has 0 saturated heterocycles. The lowest BCUT2D eigenvalue weighted by molar-refractivity contribution is -0.136. The van der Waals surface area contributed by atoms with Crippen molar-refractivity contribution in [3.8, 4) is 22.7 Å². The van der Waals surface area contributed by atoms with E-state index in [4.69, 9.17) is 9.84 Å². The van der Waals surface area contributed by atoms with Crippen molar-refractivity contribution >= 4 is 39.6 Å². The van der Waals surface area contributed by atoms with E-state index in [1.54, 1.807) is 28.9 Å². The van der Waals surface area contributed by atoms with Gasteiger partial charge in [-0.25, -0.2) is 10.1 Å². The number of aromatic nitrogens is 2. The standard InChI is InChI=1S/C26H22BrN5O3/c1-2-35-23-14-12-21(13-15-23)29-25(33)26(34)30-28-16-19-17-32(22-6-4-3-5-7-22)31-24(19)18-8-10-20(27)11-9-18/h3-17H,2H2,1H3,(H,29,33)(H,30,34). The number of hydrogen-bond donors (Lipinski definition) is 2. The number of nitrogens with zero attached hydrogens (tertiary/aromatic N) is 3. The number of ether oxygens (including phenoxy) is 1. The second-order valence-electron chi connectivity index (χ2n) is 7.33. The monoisotopic (exact) mass is 531 g/mol. The minimum atomic E-state index is -0.893. The molecule has 0 saturated carbocycles. The number of hydrazone groups is 1. The van der Waals surface area contributed by atoms with Gasteiger partial charge < -0.3 is 10.1 Å². The Hall–Kier alpha value is -4.24. The number of nitrogens with one attached hydrogen (secondary N) is 2. The van der Waals surface area contributed by atoms with Crippen molar-refractivity contribution in [3.05, 3.63) is 95.1 Å². The number of hydrogen-bond acceptors (Lipinski definition) is 5. The average Bonchev–Trinajstić information content (AvgIpc) is 3.30. The first-order chi connectivity index (χ1) is 17.0. The minimum Gasteiger partial charge on any atom is -0.494 e. The van der Waals surface area contributed by atoms with Gasteiger partial charge in [-0.2, -0.15) is 10.2 Å². The highest BCUT2D eigenvalue weighted by molar-refractivity contribution is 9.10. The Balaban J connectivity index is 1.48. The zero-order chi connectivity index (χ0) is 24.6. The summed E-state index contributed by atoms with van der Waals surface area (Å²) >= 11 is 3.44. The molecule has 0 aliphatic heterocycles. The molecule has 4 rings (SSSR count). The third kappa shape index (κ3) is 6.21. The van der Waals surface area contributed by atoms with Gasteiger partial charge in [0, 0.05) is 27.5 Å². The van der Waals surface area contributed by atoms with Crippen LogP contribution in [0.3, 0.4) is 0 Å². The van der Waals surface area contributed by atoms with Gasteiger partial charge in [0.1, 0.15) is 11.4 Å². The SMILES string of the molecule is CCOc1ccc(NC(=O)C(=O)NN=Cc2cn(-c3ccccc3)nc2-c2ccc(Br)cc2)cc1. The maximum Gasteiger partial charge on any atom is 0.329 e. The highest BCUT2D eigenvalue weighted by Gasteiger charge is 2.14. The van der Waals surface area contributed by atoms with E-state index in [1.165, 1.54) is 6.21 Å². The number of halogens is 1. The van der Waals surface area contributed by atoms with Crippen molar-refractivity contribution in [1.29, 1.82) is 0 Å². The van der Waals surface area contributed by atoms with Crippen LogP contribution in [0, 0.1) is 0 Å². The first kappa shape index (κ1) is 23.9. The summed E-state index contributed by atoms with van der Waals surface area (Å²) in [5.74, 6) is -1.05. The number of para-hydroxylation sites is 1. The molecule has 0 aliphatic rings. The van der Waals surface area contributed by atoms with E-state index in [0.29, 0.717) is 29.3 Å². The van der Waals surface area contributed by atoms with Crippen molar-refractivity contribution in [2.75, 3.05) is 11.9 Å². The van der Waals surface area contributed by atoms with Crippen LogP contribution in [0.2, 0.25) is 0 Å². The zero-order valence-electron chi connectivity index (χ0n) is 18.8. The van der Waals surface area contributed by atoms with Crippen molar-refractivity contribution in [2.24, 2.45) is 5.10 Å². The topological polar surface area (TPSA) is 97.6 Å². The van der Waals surface area contributed by atoms with Gasteiger partial charge in [-0.3, -0.25) is 9.59 Å². The van der Waals surface area contributed by atoms with Crippen molar-refractivity contribution in [1.82, 2.24) is 15.2 Å². The summed E-state index contributed by atoms with van der Waals surface area (Å²) in [4.78, 5) is 24.5. The highest BCUT2D eigenvalue weighted by Crippen LogP contribution is 2.24. The Kier molecular flexibility index (Phi) is 7.69. The second kappa shape index (κ2) is 11.3. The number of carbonyl (C=O) groups excluding carboxylic acids is 2. The summed E-state index contributed by atoms with van der Waals surface area (Å²) in [5.41, 5.74) is 5.85. The summed E-state index contributed by atoms with van der Waals surface area (Å²) in [7, 11) is 0. The lowest BCUT2D eigenvalue weighted by Gasteiger charge is -2.06. The fraction of sp³-hybridized carbons (Fsp3) is 0.0769. The number of anilines is 1. The molecule has 3 aromatic carbocycles. The molecule has 0 fully saturated rings. The first-order valence-corrected chi connectivity index (χ1v) is 11.6. The Morgan fingerprint density at radius 1 is 1.00 bits per heavy atom. The summed E-state index contributed by atoms with van der Waals surface area (Å²) in [6, 6.07) is 24.1. The van der Waals surface area contributed by atoms with Crippen molar-refractivity contribution in [2.45, 2.75) is 6.92 Å². The molecule has 2 amide bonds. The molecule has 0 unspecified atom stereocenters. The molecular formula is C26H22BrN5O3. The second-order valence-corrected chi connectivity index (χ2v) is 8.25. The van der Waals surface area contributed by atoms with Crippen LogP contribution in [0.1, 0.15) is 12.5 Å². The van der Waals surface area contributed by atoms with Gasteiger partial charge in [0.05, 0.1) is 18.5 Å². The molecule has 1 aromatic heterocycles. The van der Waals surface area contributed by atoms with Crippen LogP contribution in [-0.2, 0) is 9.59 Å². The average molecular weight is 532 g/mol. The Labute approximate surface area is 210 Å². The molecule has 0 spiro atoms. The van der Waals surface area contributed by atoms with Gasteiger partial charge in [0.15, 0.2) is 0 Å². The molecule has 176 valence electrons. The van der Waals surface area contributed by atoms with E-state index in [0.717, 1.165) is 15.7 Å². The normalized spacial score (nSPS) is 10.8. The Bertz CT molecular complexity index is 1330. The van der Waals surface area contributed by atoms with Gasteiger partial charge in [-0.1, -0.05) is 46.3 Å². The third-order valence-electron chi connectivity index (χ3n) is 4.88. The van der Waals surface area contributed by atoms with Crippen LogP contribution >= 0.6 is 15.9 Å². The lowest BCUT2D eigenvalue weighted by atomic mass is 10.1. The van der Waals surface area contributed by atoms with E-state index in [9.17, 15) is 9.59 Å². The summed E-state index contributed by atoms with van der Waals surface area (Å²) in [6.45, 7) is 2.43. The molecule has 0 atom stereocenters. The Morgan fingerprint density at radius 2 is 1.71 bits per heavy atom. The molecule has 2 N–H and O–H groups in total. The molecule has 0 aliphatic carbocycles. The molecule has 1 heterocycles. The quantitative estimate of drug-likeness (QED) is 0.203. The smallest absolute Gasteiger partial charge is 0.329 e. The van der Waals surface area contributed by atoms with E-state index in [2.05, 4.69) is 31.8 Å². The number of amides is 2. The maximum atomic E-state index is 12.2. The van der Waals surface area contributed by atoms with E-state index >= 15 is 0 Å². The summed E-state index contributed by atoms with van der Waals surface area (Å²) in [5, 5.41) is 11.2. The van der Waals surface area contributed by atoms with E-state index in [-0.39, 0.29) is 0 Å². The minimum absolute atomic E-state index is 0.472. The molecule has 35 heavy (non-hydrogen) atoms. The predicted molar refractivity (Wildman–Crippen MR) is 139 cm³/mol. The van der Waals surface area contributed by atoms with Crippen LogP contribution in [0.25, 0.3) is 16.9 Å². The lowest BCUT2D eigenvalue weighted by Crippen LogP contribution is -2.32. The van der Waals surface area contributed by atoms with Crippen LogP contribution in [0.5, 0.6) is 5.75 Å². The molecule has 8 nitrogen and oxygen atoms in total. The van der Waals surface area contributed by atoms with E-state index in [1.807, 2.05) is 67.7 Å². The molecule has 0 bridgehead atoms. The fourth-order valence-electron chi connectivity index (χ4n) is 3.23. The van der Waals surface area contributed by atoms with Gasteiger partial charge in [-0.05, 0) is 55.5 Å². The van der Waals surface area contributed by atoms with Crippen LogP contribution in [0.4, 0.5) is 5.69 Å². The third-order valence-corrected chi connectivity index (χ3v) is 5.41. The van der Waals surface area contributed by atoms with Crippen LogP contribution < -0.4 is 15.5 Å². The van der Waals surface area contributed by atoms with E-state index < -0.39 is 11.8 Å². The highest BCUT2D eigenvalue weighted by atomic mass is 79.9. The Morgan fingerprint density at radius 3 is 2.40 bits per heavy atom. The number of carbonyl (C=O) groups is 2. The van der Waals surface area contributed by atoms with Crippen molar-refractivity contribution < 1.29 is 14.3 Å². The first-order valence-electron chi connectivity index (χ1n) is 10.8. The summed E-state index contributed by atoms with van der Waals surface area (Å²) in [6.07, 6.45) is 3.27.